The van der Waals surface area contributed by atoms with Crippen molar-refractivity contribution >= 4 is 50.5 Å². The predicted octanol–water partition coefficient (Wildman–Crippen LogP) is 11.5. The molecule has 304 valence electrons. The summed E-state index contributed by atoms with van der Waals surface area (Å²) in [6.45, 7) is 0. The molecule has 2 aliphatic rings. The molecule has 0 bridgehead atoms. The molecule has 11 aromatic rings. The number of hydrogen-bond donors (Lipinski definition) is 0. The van der Waals surface area contributed by atoms with Crippen LogP contribution in [0.2, 0.25) is 0 Å². The minimum atomic E-state index is -3.01. The monoisotopic (exact) mass is 843 g/mol. The molecular weight excluding hydrogens is 803 g/mol. The zero-order valence-electron chi connectivity index (χ0n) is 35.5. The second-order valence-electron chi connectivity index (χ2n) is 17.4. The molecule has 0 amide bonds. The molecule has 0 radical (unpaired) electrons. The lowest BCUT2D eigenvalue weighted by Gasteiger charge is -2.52. The molecule has 10 aromatic carbocycles. The van der Waals surface area contributed by atoms with E-state index in [1.165, 1.54) is 31.9 Å². The van der Waals surface area contributed by atoms with E-state index in [1.54, 1.807) is 0 Å². The van der Waals surface area contributed by atoms with Gasteiger partial charge in [-0.25, -0.2) is 0 Å². The van der Waals surface area contributed by atoms with Gasteiger partial charge >= 0.3 is 0 Å². The van der Waals surface area contributed by atoms with E-state index in [0.29, 0.717) is 0 Å². The fraction of sp³-hybridized carbons (Fsp3) is 0.0161. The Balaban J connectivity index is 1.29. The highest BCUT2D eigenvalue weighted by molar-refractivity contribution is 7.20. The van der Waals surface area contributed by atoms with E-state index in [4.69, 9.17) is 0 Å². The van der Waals surface area contributed by atoms with Gasteiger partial charge in [-0.15, -0.1) is 0 Å². The van der Waals surface area contributed by atoms with Crippen molar-refractivity contribution in [3.63, 3.8) is 0 Å². The van der Waals surface area contributed by atoms with Crippen LogP contribution in [0.15, 0.2) is 254 Å². The van der Waals surface area contributed by atoms with Gasteiger partial charge in [-0.3, -0.25) is 9.36 Å². The van der Waals surface area contributed by atoms with Gasteiger partial charge in [-0.05, 0) is 106 Å². The standard InChI is InChI=1S/C62H41NOSi/c64-61-59-49(44-25-10-3-11-26-44)31-20-32-50(59)51-39-46(43-23-8-2-9-24-43)41-55-60(51)63(61)56-38-37-45(42-21-6-1-7-22-42)40-54(56)62(55)52-33-16-18-35-57(52)65(47-27-12-4-13-28-47,48-29-14-5-15-30-48)58-36-19-17-34-53(58)62/h1-41H. The SMILES string of the molecule is O=c1c2c(-c3ccccc3)cccc2c2cc(-c3ccccc3)cc3c2n1-c1ccc(-c2ccccc2)cc1C31c2ccccc2[Si](c2ccccc2)(c2ccccc2)c2ccccc21. The van der Waals surface area contributed by atoms with Crippen LogP contribution in [0.25, 0.3) is 60.7 Å². The maximum atomic E-state index is 16.0. The van der Waals surface area contributed by atoms with E-state index in [-0.39, 0.29) is 5.56 Å². The van der Waals surface area contributed by atoms with E-state index in [1.807, 2.05) is 6.07 Å². The molecule has 0 saturated heterocycles. The third kappa shape index (κ3) is 5.19. The van der Waals surface area contributed by atoms with Gasteiger partial charge in [0.25, 0.3) is 5.56 Å². The first kappa shape index (κ1) is 37.4. The summed E-state index contributed by atoms with van der Waals surface area (Å²) < 4.78 is 2.07. The van der Waals surface area contributed by atoms with Gasteiger partial charge in [0.15, 0.2) is 8.07 Å². The summed E-state index contributed by atoms with van der Waals surface area (Å²) in [5.74, 6) is 0. The quantitative estimate of drug-likeness (QED) is 0.125. The van der Waals surface area contributed by atoms with E-state index < -0.39 is 13.5 Å². The smallest absolute Gasteiger partial charge is 0.264 e. The van der Waals surface area contributed by atoms with Gasteiger partial charge in [-0.1, -0.05) is 224 Å². The van der Waals surface area contributed by atoms with Crippen molar-refractivity contribution in [2.24, 2.45) is 0 Å². The first-order valence-corrected chi connectivity index (χ1v) is 24.5. The second kappa shape index (κ2) is 14.5. The van der Waals surface area contributed by atoms with Crippen LogP contribution in [-0.4, -0.2) is 12.6 Å². The fourth-order valence-corrected chi connectivity index (χ4v) is 17.1. The molecule has 13 rings (SSSR count). The summed E-state index contributed by atoms with van der Waals surface area (Å²) in [4.78, 5) is 16.0. The van der Waals surface area contributed by atoms with E-state index in [9.17, 15) is 0 Å². The first-order valence-electron chi connectivity index (χ1n) is 22.5. The molecule has 3 heteroatoms. The average molecular weight is 844 g/mol. The van der Waals surface area contributed by atoms with Crippen LogP contribution in [0.1, 0.15) is 22.3 Å². The fourth-order valence-electron chi connectivity index (χ4n) is 11.8. The number of pyridine rings is 1. The van der Waals surface area contributed by atoms with Crippen molar-refractivity contribution in [3.05, 3.63) is 281 Å². The maximum Gasteiger partial charge on any atom is 0.264 e. The number of benzene rings is 10. The zero-order chi connectivity index (χ0) is 43.1. The van der Waals surface area contributed by atoms with Crippen molar-refractivity contribution in [2.45, 2.75) is 5.41 Å². The highest BCUT2D eigenvalue weighted by atomic mass is 28.3. The lowest BCUT2D eigenvalue weighted by Crippen LogP contribution is -2.79. The molecule has 3 heterocycles. The van der Waals surface area contributed by atoms with Gasteiger partial charge in [0.1, 0.15) is 0 Å². The van der Waals surface area contributed by atoms with E-state index >= 15 is 4.79 Å². The lowest BCUT2D eigenvalue weighted by molar-refractivity contribution is 0.725. The number of aromatic nitrogens is 1. The van der Waals surface area contributed by atoms with Gasteiger partial charge in [0.05, 0.1) is 22.0 Å². The van der Waals surface area contributed by atoms with Crippen molar-refractivity contribution < 1.29 is 0 Å². The zero-order valence-corrected chi connectivity index (χ0v) is 36.5. The van der Waals surface area contributed by atoms with Crippen molar-refractivity contribution in [1.29, 1.82) is 0 Å². The summed E-state index contributed by atoms with van der Waals surface area (Å²) in [6, 6.07) is 90.9. The Morgan fingerprint density at radius 1 is 0.354 bits per heavy atom. The Kier molecular flexibility index (Phi) is 8.33. The Morgan fingerprint density at radius 3 is 1.43 bits per heavy atom. The number of nitrogens with zero attached hydrogens (tertiary/aromatic N) is 1. The van der Waals surface area contributed by atoms with Crippen LogP contribution in [-0.2, 0) is 5.41 Å². The topological polar surface area (TPSA) is 22.0 Å². The molecule has 0 atom stereocenters. The molecule has 65 heavy (non-hydrogen) atoms. The molecule has 0 saturated carbocycles. The van der Waals surface area contributed by atoms with E-state index in [0.717, 1.165) is 71.9 Å². The molecular formula is C62H41NOSi. The summed E-state index contributed by atoms with van der Waals surface area (Å²) >= 11 is 0. The molecule has 0 N–H and O–H groups in total. The Labute approximate surface area is 379 Å². The second-order valence-corrected chi connectivity index (χ2v) is 21.2. The molecule has 1 spiro atoms. The van der Waals surface area contributed by atoms with Crippen LogP contribution in [0.4, 0.5) is 0 Å². The lowest BCUT2D eigenvalue weighted by atomic mass is 9.61. The number of rotatable bonds is 5. The predicted molar refractivity (Wildman–Crippen MR) is 272 cm³/mol. The summed E-state index contributed by atoms with van der Waals surface area (Å²) in [5.41, 5.74) is 12.2. The molecule has 1 aromatic heterocycles. The number of hydrogen-bond acceptors (Lipinski definition) is 1. The average Bonchev–Trinajstić information content (AvgIpc) is 3.39. The van der Waals surface area contributed by atoms with Gasteiger partial charge < -0.3 is 0 Å². The Morgan fingerprint density at radius 2 is 0.846 bits per heavy atom. The minimum absolute atomic E-state index is 0.0149. The summed E-state index contributed by atoms with van der Waals surface area (Å²) in [7, 11) is -3.01. The third-order valence-electron chi connectivity index (χ3n) is 14.3. The Hall–Kier alpha value is -8.11. The van der Waals surface area contributed by atoms with Crippen LogP contribution in [0.5, 0.6) is 0 Å². The molecule has 0 unspecified atom stereocenters. The largest absolute Gasteiger partial charge is 0.276 e. The van der Waals surface area contributed by atoms with Gasteiger partial charge in [0.2, 0.25) is 0 Å². The number of fused-ring (bicyclic) bond motifs is 10. The highest BCUT2D eigenvalue weighted by Gasteiger charge is 2.57. The summed E-state index contributed by atoms with van der Waals surface area (Å²) in [5, 5.41) is 8.13. The normalized spacial score (nSPS) is 13.8. The molecule has 2 nitrogen and oxygen atoms in total. The van der Waals surface area contributed by atoms with Crippen LogP contribution < -0.4 is 26.3 Å². The maximum absolute atomic E-state index is 16.0. The molecule has 0 aliphatic carbocycles. The Bertz CT molecular complexity index is 3620. The van der Waals surface area contributed by atoms with Gasteiger partial charge in [-0.2, -0.15) is 0 Å². The van der Waals surface area contributed by atoms with Crippen LogP contribution in [0, 0.1) is 0 Å². The summed E-state index contributed by atoms with van der Waals surface area (Å²) in [6.07, 6.45) is 0. The van der Waals surface area contributed by atoms with E-state index in [2.05, 4.69) is 247 Å². The van der Waals surface area contributed by atoms with Crippen molar-refractivity contribution in [1.82, 2.24) is 4.57 Å². The first-order chi connectivity index (χ1) is 32.2. The van der Waals surface area contributed by atoms with Crippen LogP contribution in [0.3, 0.4) is 0 Å². The minimum Gasteiger partial charge on any atom is -0.276 e. The van der Waals surface area contributed by atoms with Crippen LogP contribution >= 0.6 is 0 Å². The van der Waals surface area contributed by atoms with Crippen molar-refractivity contribution in [2.75, 3.05) is 0 Å². The molecule has 0 fully saturated rings. The van der Waals surface area contributed by atoms with Crippen molar-refractivity contribution in [3.8, 4) is 39.1 Å². The highest BCUT2D eigenvalue weighted by Crippen LogP contribution is 2.55. The third-order valence-corrected chi connectivity index (χ3v) is 19.2. The van der Waals surface area contributed by atoms with Gasteiger partial charge in [0, 0.05) is 5.39 Å². The molecule has 2 aliphatic heterocycles.